The van der Waals surface area contributed by atoms with Crippen molar-refractivity contribution >= 4 is 11.9 Å². The first-order chi connectivity index (χ1) is 7.42. The van der Waals surface area contributed by atoms with Crippen LogP contribution in [0.15, 0.2) is 4.99 Å². The van der Waals surface area contributed by atoms with E-state index in [-0.39, 0.29) is 6.09 Å². The molecule has 0 unspecified atom stereocenters. The second-order valence-corrected chi connectivity index (χ2v) is 4.66. The molecule has 6 nitrogen and oxygen atoms in total. The second-order valence-electron chi connectivity index (χ2n) is 4.66. The molecule has 1 heterocycles. The van der Waals surface area contributed by atoms with Crippen molar-refractivity contribution in [3.8, 4) is 0 Å². The number of hydrogen-bond donors (Lipinski definition) is 2. The van der Waals surface area contributed by atoms with Crippen molar-refractivity contribution in [2.24, 2.45) is 4.99 Å². The number of carbonyl (C=O) groups excluding carboxylic acids is 1. The molecule has 1 amide bonds. The molecule has 1 aliphatic heterocycles. The Kier molecular flexibility index (Phi) is 4.12. The van der Waals surface area contributed by atoms with E-state index in [2.05, 4.69) is 4.99 Å². The zero-order valence-electron chi connectivity index (χ0n) is 9.99. The maximum absolute atomic E-state index is 11.7. The molecule has 16 heavy (non-hydrogen) atoms. The molecule has 0 aliphatic carbocycles. The molecule has 0 bridgehead atoms. The summed E-state index contributed by atoms with van der Waals surface area (Å²) in [6.45, 7) is 6.99. The van der Waals surface area contributed by atoms with Crippen LogP contribution in [0.5, 0.6) is 0 Å². The summed E-state index contributed by atoms with van der Waals surface area (Å²) in [4.78, 5) is 17.4. The van der Waals surface area contributed by atoms with Gasteiger partial charge in [0.1, 0.15) is 11.4 Å². The SMILES string of the molecule is CC(C)(C)OC(=O)N1CCN=C(NO)CC1. The van der Waals surface area contributed by atoms with Gasteiger partial charge in [-0.2, -0.15) is 0 Å². The van der Waals surface area contributed by atoms with Gasteiger partial charge in [-0.25, -0.2) is 4.79 Å². The van der Waals surface area contributed by atoms with Crippen LogP contribution in [-0.2, 0) is 4.74 Å². The number of nitrogens with one attached hydrogen (secondary N) is 1. The van der Waals surface area contributed by atoms with Crippen molar-refractivity contribution in [3.63, 3.8) is 0 Å². The molecule has 0 saturated carbocycles. The first-order valence-corrected chi connectivity index (χ1v) is 5.34. The molecule has 0 radical (unpaired) electrons. The predicted octanol–water partition coefficient (Wildman–Crippen LogP) is 1.00. The van der Waals surface area contributed by atoms with Crippen molar-refractivity contribution in [2.45, 2.75) is 32.8 Å². The lowest BCUT2D eigenvalue weighted by Gasteiger charge is -2.26. The lowest BCUT2D eigenvalue weighted by molar-refractivity contribution is 0.0263. The van der Waals surface area contributed by atoms with E-state index in [0.717, 1.165) is 0 Å². The van der Waals surface area contributed by atoms with Crippen LogP contribution in [0.1, 0.15) is 27.2 Å². The zero-order chi connectivity index (χ0) is 12.2. The van der Waals surface area contributed by atoms with Gasteiger partial charge < -0.3 is 9.64 Å². The van der Waals surface area contributed by atoms with E-state index in [0.29, 0.717) is 31.9 Å². The number of amides is 1. The number of hydroxylamine groups is 1. The molecule has 1 rings (SSSR count). The van der Waals surface area contributed by atoms with Crippen LogP contribution in [0.25, 0.3) is 0 Å². The molecule has 6 heteroatoms. The Bertz CT molecular complexity index is 284. The Morgan fingerprint density at radius 1 is 1.50 bits per heavy atom. The van der Waals surface area contributed by atoms with Crippen molar-refractivity contribution in [1.29, 1.82) is 0 Å². The van der Waals surface area contributed by atoms with Gasteiger partial charge in [-0.3, -0.25) is 15.7 Å². The number of carbonyl (C=O) groups is 1. The van der Waals surface area contributed by atoms with Crippen LogP contribution in [0.2, 0.25) is 0 Å². The second kappa shape index (κ2) is 5.16. The summed E-state index contributed by atoms with van der Waals surface area (Å²) in [6, 6.07) is 0. The van der Waals surface area contributed by atoms with E-state index < -0.39 is 5.60 Å². The highest BCUT2D eigenvalue weighted by atomic mass is 16.6. The van der Waals surface area contributed by atoms with Gasteiger partial charge in [0.25, 0.3) is 0 Å². The van der Waals surface area contributed by atoms with Gasteiger partial charge in [-0.05, 0) is 20.8 Å². The van der Waals surface area contributed by atoms with Crippen molar-refractivity contribution in [3.05, 3.63) is 0 Å². The zero-order valence-corrected chi connectivity index (χ0v) is 9.99. The summed E-state index contributed by atoms with van der Waals surface area (Å²) < 4.78 is 5.25. The van der Waals surface area contributed by atoms with E-state index in [9.17, 15) is 4.79 Å². The lowest BCUT2D eigenvalue weighted by Crippen LogP contribution is -2.38. The van der Waals surface area contributed by atoms with Gasteiger partial charge >= 0.3 is 6.09 Å². The van der Waals surface area contributed by atoms with Crippen molar-refractivity contribution in [1.82, 2.24) is 10.4 Å². The molecule has 92 valence electrons. The van der Waals surface area contributed by atoms with Gasteiger partial charge in [0, 0.05) is 19.5 Å². The number of ether oxygens (including phenoxy) is 1. The molecule has 0 fully saturated rings. The minimum atomic E-state index is -0.484. The summed E-state index contributed by atoms with van der Waals surface area (Å²) in [6.07, 6.45) is 0.178. The normalized spacial score (nSPS) is 17.5. The number of nitrogens with zero attached hydrogens (tertiary/aromatic N) is 2. The van der Waals surface area contributed by atoms with Crippen molar-refractivity contribution < 1.29 is 14.7 Å². The minimum Gasteiger partial charge on any atom is -0.444 e. The summed E-state index contributed by atoms with van der Waals surface area (Å²) in [5, 5.41) is 8.71. The fraction of sp³-hybridized carbons (Fsp3) is 0.800. The van der Waals surface area contributed by atoms with Crippen LogP contribution >= 0.6 is 0 Å². The van der Waals surface area contributed by atoms with E-state index in [1.807, 2.05) is 26.3 Å². The van der Waals surface area contributed by atoms with Crippen molar-refractivity contribution in [2.75, 3.05) is 19.6 Å². The summed E-state index contributed by atoms with van der Waals surface area (Å²) in [5.41, 5.74) is 1.54. The smallest absolute Gasteiger partial charge is 0.410 e. The Balaban J connectivity index is 2.48. The van der Waals surface area contributed by atoms with Gasteiger partial charge in [0.2, 0.25) is 0 Å². The first kappa shape index (κ1) is 12.8. The summed E-state index contributed by atoms with van der Waals surface area (Å²) >= 11 is 0. The molecule has 0 atom stereocenters. The topological polar surface area (TPSA) is 74.2 Å². The third-order valence-electron chi connectivity index (χ3n) is 2.07. The molecular formula is C10H19N3O3. The maximum atomic E-state index is 11.7. The molecule has 1 aliphatic rings. The third kappa shape index (κ3) is 4.06. The fourth-order valence-electron chi connectivity index (χ4n) is 1.34. The van der Waals surface area contributed by atoms with E-state index in [1.165, 1.54) is 0 Å². The van der Waals surface area contributed by atoms with Gasteiger partial charge in [-0.15, -0.1) is 0 Å². The number of rotatable bonds is 0. The van der Waals surface area contributed by atoms with E-state index >= 15 is 0 Å². The average molecular weight is 229 g/mol. The Hall–Kier alpha value is -1.30. The third-order valence-corrected chi connectivity index (χ3v) is 2.07. The van der Waals surface area contributed by atoms with E-state index in [4.69, 9.17) is 9.94 Å². The highest BCUT2D eigenvalue weighted by Gasteiger charge is 2.23. The van der Waals surface area contributed by atoms with E-state index in [1.54, 1.807) is 4.90 Å². The molecule has 0 aromatic heterocycles. The summed E-state index contributed by atoms with van der Waals surface area (Å²) in [5.74, 6) is 0.506. The number of aliphatic imine (C=N–C) groups is 1. The Labute approximate surface area is 95.2 Å². The molecule has 0 aromatic rings. The van der Waals surface area contributed by atoms with Crippen LogP contribution in [0.4, 0.5) is 4.79 Å². The quantitative estimate of drug-likeness (QED) is 0.608. The van der Waals surface area contributed by atoms with Crippen LogP contribution in [0, 0.1) is 0 Å². The number of amidine groups is 1. The molecule has 0 saturated heterocycles. The van der Waals surface area contributed by atoms with Crippen LogP contribution < -0.4 is 5.48 Å². The maximum Gasteiger partial charge on any atom is 0.410 e. The van der Waals surface area contributed by atoms with Gasteiger partial charge in [0.15, 0.2) is 0 Å². The molecular weight excluding hydrogens is 210 g/mol. The highest BCUT2D eigenvalue weighted by molar-refractivity contribution is 5.82. The Morgan fingerprint density at radius 2 is 2.19 bits per heavy atom. The molecule has 0 spiro atoms. The lowest BCUT2D eigenvalue weighted by atomic mass is 10.2. The average Bonchev–Trinajstić information content (AvgIpc) is 2.39. The molecule has 2 N–H and O–H groups in total. The Morgan fingerprint density at radius 3 is 2.75 bits per heavy atom. The first-order valence-electron chi connectivity index (χ1n) is 5.34. The van der Waals surface area contributed by atoms with Gasteiger partial charge in [-0.1, -0.05) is 0 Å². The largest absolute Gasteiger partial charge is 0.444 e. The minimum absolute atomic E-state index is 0.332. The van der Waals surface area contributed by atoms with Crippen LogP contribution in [-0.4, -0.2) is 47.3 Å². The van der Waals surface area contributed by atoms with Crippen LogP contribution in [0.3, 0.4) is 0 Å². The van der Waals surface area contributed by atoms with Gasteiger partial charge in [0.05, 0.1) is 6.54 Å². The standard InChI is InChI=1S/C10H19N3O3/c1-10(2,3)16-9(14)13-6-4-8(12-15)11-5-7-13/h15H,4-7H2,1-3H3,(H,11,12). The predicted molar refractivity (Wildman–Crippen MR) is 59.6 cm³/mol. The summed E-state index contributed by atoms with van der Waals surface area (Å²) in [7, 11) is 0. The highest BCUT2D eigenvalue weighted by Crippen LogP contribution is 2.11. The number of hydrogen-bond acceptors (Lipinski definition) is 5. The monoisotopic (exact) mass is 229 g/mol. The molecule has 0 aromatic carbocycles. The fourth-order valence-corrected chi connectivity index (χ4v) is 1.34.